The maximum absolute atomic E-state index is 12.7. The predicted molar refractivity (Wildman–Crippen MR) is 120 cm³/mol. The quantitative estimate of drug-likeness (QED) is 0.245. The number of benzene rings is 3. The molecule has 3 aromatic carbocycles. The molecular weight excluding hydrogens is 386 g/mol. The number of nitrogens with zero attached hydrogens (tertiary/aromatic N) is 3. The lowest BCUT2D eigenvalue weighted by atomic mass is 9.77. The summed E-state index contributed by atoms with van der Waals surface area (Å²) in [5.74, 6) is 0.479. The zero-order valence-electron chi connectivity index (χ0n) is 17.1. The Balaban J connectivity index is 1.97. The first-order chi connectivity index (χ1) is 15.2. The third-order valence-electron chi connectivity index (χ3n) is 5.68. The van der Waals surface area contributed by atoms with E-state index in [1.807, 2.05) is 65.3 Å². The van der Waals surface area contributed by atoms with E-state index < -0.39 is 5.54 Å². The summed E-state index contributed by atoms with van der Waals surface area (Å²) >= 11 is 0. The smallest absolute Gasteiger partial charge is 0.262 e. The van der Waals surface area contributed by atoms with Crippen molar-refractivity contribution in [3.05, 3.63) is 131 Å². The number of ether oxygens (including phenoxy) is 1. The number of aromatic nitrogens is 3. The van der Waals surface area contributed by atoms with Crippen molar-refractivity contribution in [1.82, 2.24) is 9.78 Å². The van der Waals surface area contributed by atoms with Gasteiger partial charge in [0.1, 0.15) is 17.3 Å². The molecule has 5 rings (SSSR count). The van der Waals surface area contributed by atoms with Crippen molar-refractivity contribution in [2.45, 2.75) is 5.54 Å². The van der Waals surface area contributed by atoms with Gasteiger partial charge in [0, 0.05) is 6.07 Å². The van der Waals surface area contributed by atoms with Gasteiger partial charge in [-0.05, 0) is 16.7 Å². The minimum atomic E-state index is -0.787. The molecule has 0 spiro atoms. The van der Waals surface area contributed by atoms with E-state index in [4.69, 9.17) is 9.84 Å². The summed E-state index contributed by atoms with van der Waals surface area (Å²) in [5, 5.41) is 17.5. The molecule has 2 aromatic heterocycles. The second-order valence-electron chi connectivity index (χ2n) is 7.34. The van der Waals surface area contributed by atoms with Crippen LogP contribution in [-0.4, -0.2) is 16.9 Å². The lowest BCUT2D eigenvalue weighted by molar-refractivity contribution is -0.577. The third-order valence-corrected chi connectivity index (χ3v) is 5.68. The van der Waals surface area contributed by atoms with E-state index in [-0.39, 0.29) is 0 Å². The van der Waals surface area contributed by atoms with E-state index in [2.05, 4.69) is 36.4 Å². The topological polar surface area (TPSA) is 54.0 Å². The molecule has 0 saturated carbocycles. The molecule has 0 fully saturated rings. The molecule has 0 aliphatic rings. The van der Waals surface area contributed by atoms with Crippen molar-refractivity contribution in [1.29, 1.82) is 0 Å². The fraction of sp³-hybridized carbons (Fsp3) is 0.0769. The van der Waals surface area contributed by atoms with Gasteiger partial charge >= 0.3 is 0 Å². The van der Waals surface area contributed by atoms with Gasteiger partial charge in [0.05, 0.1) is 7.11 Å². The Morgan fingerprint density at radius 1 is 0.806 bits per heavy atom. The lowest BCUT2D eigenvalue weighted by Crippen LogP contribution is -2.39. The van der Waals surface area contributed by atoms with Crippen LogP contribution in [0.15, 0.2) is 109 Å². The van der Waals surface area contributed by atoms with E-state index in [0.29, 0.717) is 16.8 Å². The average Bonchev–Trinajstić information content (AvgIpc) is 3.27. The first-order valence-electron chi connectivity index (χ1n) is 10.1. The highest BCUT2D eigenvalue weighted by atomic mass is 16.5. The molecule has 0 bridgehead atoms. The highest BCUT2D eigenvalue weighted by molar-refractivity contribution is 5.74. The minimum absolute atomic E-state index is 0.479. The van der Waals surface area contributed by atoms with Gasteiger partial charge in [0.15, 0.2) is 5.75 Å². The largest absolute Gasteiger partial charge is 0.618 e. The molecule has 5 heteroatoms. The summed E-state index contributed by atoms with van der Waals surface area (Å²) in [6.45, 7) is 0. The molecule has 0 amide bonds. The Kier molecular flexibility index (Phi) is 4.64. The van der Waals surface area contributed by atoms with E-state index in [0.717, 1.165) is 21.4 Å². The van der Waals surface area contributed by atoms with Crippen LogP contribution in [0.3, 0.4) is 0 Å². The molecular formula is C26H21N3O2. The lowest BCUT2D eigenvalue weighted by Gasteiger charge is -2.36. The maximum atomic E-state index is 12.7. The Bertz CT molecular complexity index is 1220. The van der Waals surface area contributed by atoms with Crippen molar-refractivity contribution in [3.8, 4) is 5.75 Å². The first kappa shape index (κ1) is 18.9. The van der Waals surface area contributed by atoms with Gasteiger partial charge in [-0.25, -0.2) is 4.68 Å². The summed E-state index contributed by atoms with van der Waals surface area (Å²) in [4.78, 5) is 0. The molecule has 0 aliphatic carbocycles. The predicted octanol–water partition coefficient (Wildman–Crippen LogP) is 4.52. The average molecular weight is 407 g/mol. The van der Waals surface area contributed by atoms with Crippen molar-refractivity contribution in [2.24, 2.45) is 0 Å². The van der Waals surface area contributed by atoms with Crippen LogP contribution in [0, 0.1) is 5.21 Å². The fourth-order valence-corrected chi connectivity index (χ4v) is 4.30. The Hall–Kier alpha value is -4.12. The van der Waals surface area contributed by atoms with Crippen molar-refractivity contribution in [3.63, 3.8) is 0 Å². The Morgan fingerprint density at radius 3 is 1.74 bits per heavy atom. The number of hydrogen-bond donors (Lipinski definition) is 0. The van der Waals surface area contributed by atoms with Gasteiger partial charge < -0.3 is 9.94 Å². The van der Waals surface area contributed by atoms with Crippen LogP contribution in [0.2, 0.25) is 0 Å². The van der Waals surface area contributed by atoms with Gasteiger partial charge in [0.25, 0.3) is 5.52 Å². The van der Waals surface area contributed by atoms with Gasteiger partial charge in [-0.2, -0.15) is 9.83 Å². The number of hydrogen-bond acceptors (Lipinski definition) is 3. The standard InChI is InChI=1S/C26H21N3O2/c1-31-23-17-24-25(28(30)19-23)18-27-29(24)26(20-11-5-2-6-12-20,21-13-7-3-8-14-21)22-15-9-4-10-16-22/h2-19H,1H3. The van der Waals surface area contributed by atoms with Crippen LogP contribution < -0.4 is 9.47 Å². The normalized spacial score (nSPS) is 11.5. The summed E-state index contributed by atoms with van der Waals surface area (Å²) in [5.41, 5.74) is 3.50. The van der Waals surface area contributed by atoms with Crippen LogP contribution in [0.4, 0.5) is 0 Å². The zero-order chi connectivity index (χ0) is 21.3. The summed E-state index contributed by atoms with van der Waals surface area (Å²) in [6, 6.07) is 32.6. The third kappa shape index (κ3) is 2.94. The summed E-state index contributed by atoms with van der Waals surface area (Å²) < 4.78 is 8.13. The number of pyridine rings is 1. The maximum Gasteiger partial charge on any atom is 0.262 e. The molecule has 0 aliphatic heterocycles. The Morgan fingerprint density at radius 2 is 1.29 bits per heavy atom. The van der Waals surface area contributed by atoms with Crippen LogP contribution >= 0.6 is 0 Å². The van der Waals surface area contributed by atoms with Crippen LogP contribution in [0.5, 0.6) is 5.75 Å². The van der Waals surface area contributed by atoms with Gasteiger partial charge in [-0.1, -0.05) is 91.0 Å². The fourth-order valence-electron chi connectivity index (χ4n) is 4.30. The second kappa shape index (κ2) is 7.61. The second-order valence-corrected chi connectivity index (χ2v) is 7.34. The minimum Gasteiger partial charge on any atom is -0.618 e. The van der Waals surface area contributed by atoms with Gasteiger partial charge in [0.2, 0.25) is 6.20 Å². The highest BCUT2D eigenvalue weighted by Gasteiger charge is 2.41. The molecule has 31 heavy (non-hydrogen) atoms. The van der Waals surface area contributed by atoms with E-state index in [1.165, 1.54) is 6.20 Å². The zero-order valence-corrected chi connectivity index (χ0v) is 17.1. The molecule has 5 nitrogen and oxygen atoms in total. The van der Waals surface area contributed by atoms with E-state index in [1.54, 1.807) is 13.3 Å². The van der Waals surface area contributed by atoms with Crippen LogP contribution in [0.1, 0.15) is 16.7 Å². The summed E-state index contributed by atoms with van der Waals surface area (Å²) in [6.07, 6.45) is 3.04. The molecule has 2 heterocycles. The Labute approximate surface area is 180 Å². The number of fused-ring (bicyclic) bond motifs is 1. The molecule has 0 atom stereocenters. The molecule has 0 unspecified atom stereocenters. The van der Waals surface area contributed by atoms with E-state index in [9.17, 15) is 5.21 Å². The number of methoxy groups -OCH3 is 1. The van der Waals surface area contributed by atoms with Crippen molar-refractivity contribution < 1.29 is 9.47 Å². The van der Waals surface area contributed by atoms with Gasteiger partial charge in [-0.15, -0.1) is 0 Å². The molecule has 5 aromatic rings. The highest BCUT2D eigenvalue weighted by Crippen LogP contribution is 2.42. The van der Waals surface area contributed by atoms with E-state index >= 15 is 0 Å². The van der Waals surface area contributed by atoms with Crippen LogP contribution in [-0.2, 0) is 5.54 Å². The monoisotopic (exact) mass is 407 g/mol. The molecule has 0 radical (unpaired) electrons. The van der Waals surface area contributed by atoms with Crippen molar-refractivity contribution >= 4 is 11.0 Å². The first-order valence-corrected chi connectivity index (χ1v) is 10.1. The van der Waals surface area contributed by atoms with Crippen molar-refractivity contribution in [2.75, 3.05) is 7.11 Å². The SMILES string of the molecule is COc1cc2c(cnn2C(c2ccccc2)(c2ccccc2)c2ccccc2)[n+]([O-])c1. The molecule has 0 N–H and O–H groups in total. The summed E-state index contributed by atoms with van der Waals surface area (Å²) in [7, 11) is 1.56. The van der Waals surface area contributed by atoms with Crippen LogP contribution in [0.25, 0.3) is 11.0 Å². The number of rotatable bonds is 5. The molecule has 152 valence electrons. The van der Waals surface area contributed by atoms with Gasteiger partial charge in [-0.3, -0.25) is 0 Å². The molecule has 0 saturated heterocycles.